The molecule has 2 aliphatic carbocycles. The molecule has 2 saturated carbocycles. The fourth-order valence-electron chi connectivity index (χ4n) is 5.76. The Morgan fingerprint density at radius 2 is 0.944 bits per heavy atom. The summed E-state index contributed by atoms with van der Waals surface area (Å²) in [6.07, 6.45) is 14.9. The molecule has 0 aliphatic heterocycles. The normalized spacial score (nSPS) is 40.0. The maximum Gasteiger partial charge on any atom is -0.0213 e. The number of rotatable bonds is 4. The molecular weight excluding hydrogens is 216 g/mol. The van der Waals surface area contributed by atoms with Crippen molar-refractivity contribution >= 4 is 0 Å². The number of hydrogen-bond donors (Lipinski definition) is 0. The van der Waals surface area contributed by atoms with Crippen molar-refractivity contribution < 1.29 is 0 Å². The summed E-state index contributed by atoms with van der Waals surface area (Å²) in [7, 11) is 0. The van der Waals surface area contributed by atoms with Crippen molar-refractivity contribution in [1.29, 1.82) is 0 Å². The summed E-state index contributed by atoms with van der Waals surface area (Å²) in [6.45, 7) is 9.97. The van der Waals surface area contributed by atoms with Crippen molar-refractivity contribution in [2.45, 2.75) is 91.9 Å². The minimum Gasteiger partial charge on any atom is -0.0651 e. The molecule has 0 nitrogen and oxygen atoms in total. The van der Waals surface area contributed by atoms with Gasteiger partial charge in [0.05, 0.1) is 0 Å². The highest BCUT2D eigenvalue weighted by Gasteiger charge is 2.57. The van der Waals surface area contributed by atoms with Gasteiger partial charge >= 0.3 is 0 Å². The minimum atomic E-state index is 0.702. The van der Waals surface area contributed by atoms with Gasteiger partial charge in [-0.15, -0.1) is 0 Å². The Labute approximate surface area is 115 Å². The second kappa shape index (κ2) is 5.55. The summed E-state index contributed by atoms with van der Waals surface area (Å²) in [5.41, 5.74) is 1.40. The van der Waals surface area contributed by atoms with Gasteiger partial charge in [-0.1, -0.05) is 66.2 Å². The van der Waals surface area contributed by atoms with Crippen LogP contribution in [-0.4, -0.2) is 0 Å². The van der Waals surface area contributed by atoms with Gasteiger partial charge in [-0.05, 0) is 48.3 Å². The first-order valence-electron chi connectivity index (χ1n) is 8.63. The van der Waals surface area contributed by atoms with Crippen molar-refractivity contribution in [1.82, 2.24) is 0 Å². The Bertz CT molecular complexity index is 225. The zero-order valence-corrected chi connectivity index (χ0v) is 13.2. The fourth-order valence-corrected chi connectivity index (χ4v) is 5.76. The predicted octanol–water partition coefficient (Wildman–Crippen LogP) is 6.20. The van der Waals surface area contributed by atoms with Crippen molar-refractivity contribution in [2.75, 3.05) is 0 Å². The molecular formula is C18H34. The third-order valence-corrected chi connectivity index (χ3v) is 7.09. The Morgan fingerprint density at radius 1 is 0.667 bits per heavy atom. The van der Waals surface area contributed by atoms with E-state index in [-0.39, 0.29) is 0 Å². The van der Waals surface area contributed by atoms with Crippen LogP contribution in [0.25, 0.3) is 0 Å². The molecule has 0 aromatic rings. The highest BCUT2D eigenvalue weighted by atomic mass is 14.6. The maximum atomic E-state index is 2.56. The summed E-state index contributed by atoms with van der Waals surface area (Å²) in [6, 6.07) is 0. The van der Waals surface area contributed by atoms with Gasteiger partial charge in [0.2, 0.25) is 0 Å². The average Bonchev–Trinajstić information content (AvgIpc) is 2.44. The van der Waals surface area contributed by atoms with Gasteiger partial charge in [0, 0.05) is 0 Å². The summed E-state index contributed by atoms with van der Waals surface area (Å²) < 4.78 is 0. The lowest BCUT2D eigenvalue weighted by atomic mass is 9.42. The van der Waals surface area contributed by atoms with Crippen LogP contribution < -0.4 is 0 Å². The molecule has 0 amide bonds. The van der Waals surface area contributed by atoms with E-state index in [2.05, 4.69) is 27.7 Å². The molecule has 18 heavy (non-hydrogen) atoms. The van der Waals surface area contributed by atoms with E-state index in [1.165, 1.54) is 64.2 Å². The molecule has 2 rings (SSSR count). The van der Waals surface area contributed by atoms with Crippen LogP contribution in [0.15, 0.2) is 0 Å². The highest BCUT2D eigenvalue weighted by Crippen LogP contribution is 2.66. The quantitative estimate of drug-likeness (QED) is 0.557. The Hall–Kier alpha value is 0. The molecule has 106 valence electrons. The first kappa shape index (κ1) is 14.4. The molecule has 2 aliphatic rings. The Kier molecular flexibility index (Phi) is 4.44. The third-order valence-electron chi connectivity index (χ3n) is 7.09. The van der Waals surface area contributed by atoms with Crippen LogP contribution in [0, 0.1) is 22.7 Å². The molecule has 0 spiro atoms. The molecule has 2 fully saturated rings. The van der Waals surface area contributed by atoms with Crippen molar-refractivity contribution in [3.63, 3.8) is 0 Å². The van der Waals surface area contributed by atoms with Gasteiger partial charge in [-0.25, -0.2) is 0 Å². The largest absolute Gasteiger partial charge is 0.0651 e. The lowest BCUT2D eigenvalue weighted by Gasteiger charge is -2.62. The second-order valence-corrected chi connectivity index (χ2v) is 7.35. The van der Waals surface area contributed by atoms with Gasteiger partial charge in [-0.2, -0.15) is 0 Å². The first-order chi connectivity index (χ1) is 8.63. The molecule has 0 aromatic heterocycles. The smallest absolute Gasteiger partial charge is 0.0213 e. The van der Waals surface area contributed by atoms with Crippen LogP contribution in [-0.2, 0) is 0 Å². The zero-order valence-electron chi connectivity index (χ0n) is 13.2. The molecule has 2 unspecified atom stereocenters. The van der Waals surface area contributed by atoms with Crippen LogP contribution in [0.5, 0.6) is 0 Å². The molecule has 0 heterocycles. The standard InChI is InChI=1S/C18H34/c1-5-15(3)17-11-7-9-13-18(17,16(4)6-2)14-10-8-12-17/h15-16H,5-14H2,1-4H3. The lowest BCUT2D eigenvalue weighted by Crippen LogP contribution is -2.54. The molecule has 0 radical (unpaired) electrons. The maximum absolute atomic E-state index is 2.56. The molecule has 0 saturated heterocycles. The second-order valence-electron chi connectivity index (χ2n) is 7.35. The van der Waals surface area contributed by atoms with Crippen LogP contribution in [0.4, 0.5) is 0 Å². The SMILES string of the molecule is CCC(C)C12CCCCC1(C(C)CC)CCCC2. The van der Waals surface area contributed by atoms with E-state index in [0.717, 1.165) is 11.8 Å². The molecule has 0 heteroatoms. The van der Waals surface area contributed by atoms with Gasteiger partial charge in [-0.3, -0.25) is 0 Å². The van der Waals surface area contributed by atoms with Crippen LogP contribution in [0.3, 0.4) is 0 Å². The summed E-state index contributed by atoms with van der Waals surface area (Å²) in [4.78, 5) is 0. The van der Waals surface area contributed by atoms with Gasteiger partial charge < -0.3 is 0 Å². The van der Waals surface area contributed by atoms with Crippen molar-refractivity contribution in [3.8, 4) is 0 Å². The Morgan fingerprint density at radius 3 is 1.17 bits per heavy atom. The van der Waals surface area contributed by atoms with E-state index >= 15 is 0 Å². The average molecular weight is 250 g/mol. The molecule has 0 aromatic carbocycles. The van der Waals surface area contributed by atoms with E-state index in [9.17, 15) is 0 Å². The number of hydrogen-bond acceptors (Lipinski definition) is 0. The number of fused-ring (bicyclic) bond motifs is 1. The van der Waals surface area contributed by atoms with Crippen LogP contribution in [0.1, 0.15) is 91.9 Å². The Balaban J connectivity index is 2.40. The van der Waals surface area contributed by atoms with E-state index in [1.54, 1.807) is 0 Å². The zero-order chi connectivity index (χ0) is 13.2. The molecule has 2 atom stereocenters. The fraction of sp³-hybridized carbons (Fsp3) is 1.00. The van der Waals surface area contributed by atoms with E-state index in [1.807, 2.05) is 0 Å². The molecule has 0 N–H and O–H groups in total. The van der Waals surface area contributed by atoms with E-state index in [4.69, 9.17) is 0 Å². The predicted molar refractivity (Wildman–Crippen MR) is 80.7 cm³/mol. The van der Waals surface area contributed by atoms with Crippen molar-refractivity contribution in [3.05, 3.63) is 0 Å². The summed E-state index contributed by atoms with van der Waals surface area (Å²) >= 11 is 0. The molecule has 0 bridgehead atoms. The third kappa shape index (κ3) is 1.95. The van der Waals surface area contributed by atoms with Crippen LogP contribution >= 0.6 is 0 Å². The topological polar surface area (TPSA) is 0 Å². The van der Waals surface area contributed by atoms with Gasteiger partial charge in [0.15, 0.2) is 0 Å². The monoisotopic (exact) mass is 250 g/mol. The highest BCUT2D eigenvalue weighted by molar-refractivity contribution is 5.06. The minimum absolute atomic E-state index is 0.702. The summed E-state index contributed by atoms with van der Waals surface area (Å²) in [5, 5.41) is 0. The van der Waals surface area contributed by atoms with Gasteiger partial charge in [0.25, 0.3) is 0 Å². The first-order valence-corrected chi connectivity index (χ1v) is 8.63. The van der Waals surface area contributed by atoms with E-state index < -0.39 is 0 Å². The van der Waals surface area contributed by atoms with Gasteiger partial charge in [0.1, 0.15) is 0 Å². The van der Waals surface area contributed by atoms with Crippen LogP contribution in [0.2, 0.25) is 0 Å². The summed E-state index contributed by atoms with van der Waals surface area (Å²) in [5.74, 6) is 1.87. The van der Waals surface area contributed by atoms with Crippen molar-refractivity contribution in [2.24, 2.45) is 22.7 Å². The lowest BCUT2D eigenvalue weighted by molar-refractivity contribution is -0.129. The van der Waals surface area contributed by atoms with E-state index in [0.29, 0.717) is 10.8 Å².